The second-order valence-electron chi connectivity index (χ2n) is 8.57. The Bertz CT molecular complexity index is 1290. The van der Waals surface area contributed by atoms with Crippen molar-refractivity contribution in [2.24, 2.45) is 0 Å². The number of hydrogen-bond donors (Lipinski definition) is 3. The van der Waals surface area contributed by atoms with Gasteiger partial charge in [0.05, 0.1) is 18.5 Å². The monoisotopic (exact) mass is 467 g/mol. The number of aryl methyl sites for hydroxylation is 1. The highest BCUT2D eigenvalue weighted by Crippen LogP contribution is 2.27. The van der Waals surface area contributed by atoms with Gasteiger partial charge in [-0.1, -0.05) is 42.5 Å². The highest BCUT2D eigenvalue weighted by molar-refractivity contribution is 6.24. The first kappa shape index (κ1) is 23.8. The van der Waals surface area contributed by atoms with Gasteiger partial charge in [0.2, 0.25) is 5.91 Å². The molecule has 2 amide bonds. The fourth-order valence-electron chi connectivity index (χ4n) is 3.64. The summed E-state index contributed by atoms with van der Waals surface area (Å²) in [5.41, 5.74) is 11.1. The molecule has 1 saturated carbocycles. The molecule has 0 atom stereocenters. The molecular weight excluding hydrogens is 438 g/mol. The standard InChI is InChI=1S/C29H29N3O3/c1-19-17-22(12-15-27(19)35-2)24(29(34)31-23-13-14-23)18-21-9-7-20(8-10-21)11-16-28(33)32-26-6-4-3-5-25(26)30/h3-12,15-18,23H,13-14,30H2,1-2H3,(H,31,34)(H,32,33)/b16-11+,24-18+. The number of rotatable bonds is 8. The number of anilines is 2. The quantitative estimate of drug-likeness (QED) is 0.245. The van der Waals surface area contributed by atoms with Gasteiger partial charge in [0.15, 0.2) is 0 Å². The Hall–Kier alpha value is -4.32. The van der Waals surface area contributed by atoms with Crippen LogP contribution in [0.5, 0.6) is 5.75 Å². The molecule has 0 spiro atoms. The van der Waals surface area contributed by atoms with Gasteiger partial charge in [0.1, 0.15) is 5.75 Å². The first-order valence-corrected chi connectivity index (χ1v) is 11.5. The summed E-state index contributed by atoms with van der Waals surface area (Å²) in [6.07, 6.45) is 7.12. The molecule has 1 aliphatic rings. The topological polar surface area (TPSA) is 93.4 Å². The van der Waals surface area contributed by atoms with Crippen molar-refractivity contribution in [3.63, 3.8) is 0 Å². The molecule has 4 rings (SSSR count). The second kappa shape index (κ2) is 10.7. The molecule has 0 bridgehead atoms. The van der Waals surface area contributed by atoms with E-state index in [1.807, 2.05) is 67.6 Å². The molecule has 1 aliphatic carbocycles. The van der Waals surface area contributed by atoms with E-state index in [4.69, 9.17) is 10.5 Å². The number of methoxy groups -OCH3 is 1. The molecule has 6 nitrogen and oxygen atoms in total. The molecule has 0 heterocycles. The van der Waals surface area contributed by atoms with Gasteiger partial charge in [0.25, 0.3) is 5.91 Å². The maximum atomic E-state index is 13.0. The van der Waals surface area contributed by atoms with Crippen LogP contribution in [0.25, 0.3) is 17.7 Å². The Morgan fingerprint density at radius 2 is 1.71 bits per heavy atom. The lowest BCUT2D eigenvalue weighted by atomic mass is 9.99. The molecule has 1 fully saturated rings. The number of nitrogen functional groups attached to an aromatic ring is 1. The minimum atomic E-state index is -0.263. The van der Waals surface area contributed by atoms with E-state index in [9.17, 15) is 9.59 Å². The Morgan fingerprint density at radius 1 is 1.00 bits per heavy atom. The van der Waals surface area contributed by atoms with Gasteiger partial charge < -0.3 is 21.1 Å². The molecule has 0 unspecified atom stereocenters. The van der Waals surface area contributed by atoms with Crippen LogP contribution in [0.4, 0.5) is 11.4 Å². The first-order valence-electron chi connectivity index (χ1n) is 11.5. The van der Waals surface area contributed by atoms with Crippen LogP contribution in [-0.2, 0) is 9.59 Å². The zero-order valence-corrected chi connectivity index (χ0v) is 19.9. The molecule has 6 heteroatoms. The van der Waals surface area contributed by atoms with Gasteiger partial charge in [-0.3, -0.25) is 9.59 Å². The van der Waals surface area contributed by atoms with Crippen LogP contribution in [-0.4, -0.2) is 25.0 Å². The molecule has 0 radical (unpaired) electrons. The summed E-state index contributed by atoms with van der Waals surface area (Å²) in [6, 6.07) is 20.8. The fraction of sp³-hybridized carbons (Fsp3) is 0.172. The van der Waals surface area contributed by atoms with Crippen LogP contribution in [0, 0.1) is 6.92 Å². The van der Waals surface area contributed by atoms with Crippen molar-refractivity contribution in [2.75, 3.05) is 18.2 Å². The molecule has 3 aromatic carbocycles. The molecule has 0 saturated heterocycles. The van der Waals surface area contributed by atoms with Crippen molar-refractivity contribution in [1.29, 1.82) is 0 Å². The third-order valence-electron chi connectivity index (χ3n) is 5.76. The smallest absolute Gasteiger partial charge is 0.252 e. The zero-order chi connectivity index (χ0) is 24.8. The summed E-state index contributed by atoms with van der Waals surface area (Å²) in [4.78, 5) is 25.2. The first-order chi connectivity index (χ1) is 16.9. The van der Waals surface area contributed by atoms with Crippen LogP contribution in [0.1, 0.15) is 35.1 Å². The van der Waals surface area contributed by atoms with Crippen molar-refractivity contribution in [1.82, 2.24) is 5.32 Å². The lowest BCUT2D eigenvalue weighted by Gasteiger charge is -2.12. The number of para-hydroxylation sites is 2. The number of amides is 2. The Kier molecular flexibility index (Phi) is 7.31. The SMILES string of the molecule is COc1ccc(/C(=C\c2ccc(/C=C/C(=O)Nc3ccccc3N)cc2)C(=O)NC2CC2)cc1C. The third kappa shape index (κ3) is 6.38. The van der Waals surface area contributed by atoms with Gasteiger partial charge >= 0.3 is 0 Å². The predicted octanol–water partition coefficient (Wildman–Crippen LogP) is 5.06. The number of hydrogen-bond acceptors (Lipinski definition) is 4. The lowest BCUT2D eigenvalue weighted by molar-refractivity contribution is -0.115. The molecular formula is C29H29N3O3. The number of nitrogens with one attached hydrogen (secondary N) is 2. The summed E-state index contributed by atoms with van der Waals surface area (Å²) < 4.78 is 5.36. The molecule has 35 heavy (non-hydrogen) atoms. The van der Waals surface area contributed by atoms with Crippen LogP contribution >= 0.6 is 0 Å². The van der Waals surface area contributed by atoms with E-state index < -0.39 is 0 Å². The highest BCUT2D eigenvalue weighted by Gasteiger charge is 2.25. The minimum absolute atomic E-state index is 0.0853. The lowest BCUT2D eigenvalue weighted by Crippen LogP contribution is -2.26. The van der Waals surface area contributed by atoms with E-state index in [2.05, 4.69) is 10.6 Å². The van der Waals surface area contributed by atoms with Crippen molar-refractivity contribution in [2.45, 2.75) is 25.8 Å². The molecule has 4 N–H and O–H groups in total. The number of carbonyl (C=O) groups is 2. The second-order valence-corrected chi connectivity index (χ2v) is 8.57. The minimum Gasteiger partial charge on any atom is -0.496 e. The van der Waals surface area contributed by atoms with Crippen LogP contribution in [0.3, 0.4) is 0 Å². The summed E-state index contributed by atoms with van der Waals surface area (Å²) in [7, 11) is 1.63. The number of ether oxygens (including phenoxy) is 1. The number of carbonyl (C=O) groups excluding carboxylic acids is 2. The van der Waals surface area contributed by atoms with E-state index in [0.29, 0.717) is 16.9 Å². The van der Waals surface area contributed by atoms with E-state index in [1.54, 1.807) is 25.3 Å². The third-order valence-corrected chi connectivity index (χ3v) is 5.76. The van der Waals surface area contributed by atoms with Crippen molar-refractivity contribution in [3.05, 3.63) is 95.1 Å². The molecule has 178 valence electrons. The average molecular weight is 468 g/mol. The summed E-state index contributed by atoms with van der Waals surface area (Å²) in [6.45, 7) is 1.96. The Balaban J connectivity index is 1.51. The van der Waals surface area contributed by atoms with E-state index >= 15 is 0 Å². The maximum Gasteiger partial charge on any atom is 0.252 e. The van der Waals surface area contributed by atoms with Gasteiger partial charge in [-0.15, -0.1) is 0 Å². The summed E-state index contributed by atoms with van der Waals surface area (Å²) >= 11 is 0. The van der Waals surface area contributed by atoms with E-state index in [1.165, 1.54) is 6.08 Å². The number of benzene rings is 3. The highest BCUT2D eigenvalue weighted by atomic mass is 16.5. The van der Waals surface area contributed by atoms with Crippen molar-refractivity contribution >= 4 is 40.9 Å². The normalized spacial score (nSPS) is 13.5. The average Bonchev–Trinajstić information content (AvgIpc) is 3.67. The zero-order valence-electron chi connectivity index (χ0n) is 19.9. The molecule has 0 aromatic heterocycles. The van der Waals surface area contributed by atoms with Crippen LogP contribution in [0.2, 0.25) is 0 Å². The van der Waals surface area contributed by atoms with Gasteiger partial charge in [-0.25, -0.2) is 0 Å². The van der Waals surface area contributed by atoms with Gasteiger partial charge in [-0.05, 0) is 78.4 Å². The van der Waals surface area contributed by atoms with E-state index in [-0.39, 0.29) is 17.9 Å². The predicted molar refractivity (Wildman–Crippen MR) is 142 cm³/mol. The van der Waals surface area contributed by atoms with Crippen molar-refractivity contribution < 1.29 is 14.3 Å². The summed E-state index contributed by atoms with van der Waals surface area (Å²) in [5, 5.41) is 5.85. The van der Waals surface area contributed by atoms with Crippen LogP contribution < -0.4 is 21.1 Å². The Morgan fingerprint density at radius 3 is 2.37 bits per heavy atom. The maximum absolute atomic E-state index is 13.0. The van der Waals surface area contributed by atoms with Gasteiger partial charge in [0, 0.05) is 17.7 Å². The van der Waals surface area contributed by atoms with Gasteiger partial charge in [-0.2, -0.15) is 0 Å². The van der Waals surface area contributed by atoms with Crippen molar-refractivity contribution in [3.8, 4) is 5.75 Å². The fourth-order valence-corrected chi connectivity index (χ4v) is 3.64. The summed E-state index contributed by atoms with van der Waals surface area (Å²) in [5.74, 6) is 0.435. The number of nitrogens with two attached hydrogens (primary N) is 1. The molecule has 0 aliphatic heterocycles. The Labute approximate surface area is 205 Å². The van der Waals surface area contributed by atoms with Crippen LogP contribution in [0.15, 0.2) is 72.8 Å². The molecule has 3 aromatic rings. The van der Waals surface area contributed by atoms with E-state index in [0.717, 1.165) is 40.8 Å². The largest absolute Gasteiger partial charge is 0.496 e.